The number of carbonyl (C=O) groups is 2. The van der Waals surface area contributed by atoms with Gasteiger partial charge in [-0.1, -0.05) is 13.0 Å². The first kappa shape index (κ1) is 20.7. The van der Waals surface area contributed by atoms with Gasteiger partial charge >= 0.3 is 0 Å². The summed E-state index contributed by atoms with van der Waals surface area (Å²) in [4.78, 5) is 32.7. The number of hydrogen-bond donors (Lipinski definition) is 0. The number of carbonyl (C=O) groups excluding carboxylic acids is 2. The Hall–Kier alpha value is -3.61. The van der Waals surface area contributed by atoms with E-state index in [1.807, 2.05) is 6.92 Å². The molecule has 1 aromatic heterocycles. The van der Waals surface area contributed by atoms with E-state index in [9.17, 15) is 18.4 Å². The van der Waals surface area contributed by atoms with Crippen molar-refractivity contribution < 1.29 is 18.4 Å². The molecule has 5 nitrogen and oxygen atoms in total. The minimum absolute atomic E-state index is 0.0275. The molecule has 2 aromatic carbocycles. The van der Waals surface area contributed by atoms with E-state index in [-0.39, 0.29) is 18.1 Å². The van der Waals surface area contributed by atoms with E-state index >= 15 is 0 Å². The number of pyridine rings is 1. The molecule has 1 aliphatic heterocycles. The minimum Gasteiger partial charge on any atom is -0.312 e. The summed E-state index contributed by atoms with van der Waals surface area (Å²) < 4.78 is 28.0. The lowest BCUT2D eigenvalue weighted by molar-refractivity contribution is -0.118. The van der Waals surface area contributed by atoms with Gasteiger partial charge in [0.05, 0.1) is 17.9 Å². The van der Waals surface area contributed by atoms with Crippen molar-refractivity contribution >= 4 is 23.2 Å². The highest BCUT2D eigenvalue weighted by atomic mass is 19.1. The predicted molar refractivity (Wildman–Crippen MR) is 114 cm³/mol. The fourth-order valence-corrected chi connectivity index (χ4v) is 3.76. The van der Waals surface area contributed by atoms with Crippen LogP contribution in [-0.4, -0.2) is 23.3 Å². The van der Waals surface area contributed by atoms with Gasteiger partial charge in [-0.25, -0.2) is 8.78 Å². The number of amides is 2. The number of fused-ring (bicyclic) bond motifs is 1. The van der Waals surface area contributed by atoms with Crippen LogP contribution in [0.3, 0.4) is 0 Å². The van der Waals surface area contributed by atoms with Gasteiger partial charge in [-0.15, -0.1) is 0 Å². The standard InChI is InChI=1S/C24H21F2N3O2/c1-2-23(30)28-12-10-16-13-17(6-8-21(16)28)24(31)29(15-19-5-3-4-11-27-19)22-9-7-18(25)14-20(22)26/h3-9,11,13-14H,2,10,12,15H2,1H3. The molecular weight excluding hydrogens is 400 g/mol. The van der Waals surface area contributed by atoms with E-state index < -0.39 is 17.5 Å². The first-order valence-corrected chi connectivity index (χ1v) is 10.1. The Bertz CT molecular complexity index is 1130. The third kappa shape index (κ3) is 4.17. The Morgan fingerprint density at radius 2 is 1.94 bits per heavy atom. The van der Waals surface area contributed by atoms with Gasteiger partial charge in [-0.3, -0.25) is 19.5 Å². The third-order valence-electron chi connectivity index (χ3n) is 5.32. The number of aromatic nitrogens is 1. The lowest BCUT2D eigenvalue weighted by Gasteiger charge is -2.24. The zero-order valence-electron chi connectivity index (χ0n) is 17.0. The average Bonchev–Trinajstić information content (AvgIpc) is 3.21. The van der Waals surface area contributed by atoms with Gasteiger partial charge in [0.15, 0.2) is 0 Å². The molecule has 2 amide bonds. The highest BCUT2D eigenvalue weighted by Crippen LogP contribution is 2.31. The lowest BCUT2D eigenvalue weighted by atomic mass is 10.1. The largest absolute Gasteiger partial charge is 0.312 e. The minimum atomic E-state index is -0.829. The van der Waals surface area contributed by atoms with Crippen LogP contribution in [0.4, 0.5) is 20.2 Å². The van der Waals surface area contributed by atoms with Crippen LogP contribution in [0.25, 0.3) is 0 Å². The SMILES string of the molecule is CCC(=O)N1CCc2cc(C(=O)N(Cc3ccccn3)c3ccc(F)cc3F)ccc21. The predicted octanol–water partition coefficient (Wildman–Crippen LogP) is 4.51. The molecule has 4 rings (SSSR count). The summed E-state index contributed by atoms with van der Waals surface area (Å²) in [5, 5.41) is 0. The Balaban J connectivity index is 1.70. The van der Waals surface area contributed by atoms with Gasteiger partial charge in [0.2, 0.25) is 5.91 Å². The summed E-state index contributed by atoms with van der Waals surface area (Å²) in [6.07, 6.45) is 2.64. The van der Waals surface area contributed by atoms with E-state index in [2.05, 4.69) is 4.98 Å². The monoisotopic (exact) mass is 421 g/mol. The van der Waals surface area contributed by atoms with Crippen LogP contribution < -0.4 is 9.80 Å². The Kier molecular flexibility index (Phi) is 5.75. The molecule has 7 heteroatoms. The molecule has 0 spiro atoms. The molecule has 0 unspecified atom stereocenters. The van der Waals surface area contributed by atoms with Gasteiger partial charge in [-0.2, -0.15) is 0 Å². The van der Waals surface area contributed by atoms with Crippen LogP contribution in [0.5, 0.6) is 0 Å². The van der Waals surface area contributed by atoms with E-state index in [0.717, 1.165) is 23.4 Å². The summed E-state index contributed by atoms with van der Waals surface area (Å²) in [5.41, 5.74) is 2.60. The lowest BCUT2D eigenvalue weighted by Crippen LogP contribution is -2.31. The molecular formula is C24H21F2N3O2. The normalized spacial score (nSPS) is 12.5. The maximum atomic E-state index is 14.6. The van der Waals surface area contributed by atoms with Gasteiger partial charge in [0.25, 0.3) is 5.91 Å². The van der Waals surface area contributed by atoms with E-state index in [1.165, 1.54) is 11.0 Å². The molecule has 0 aliphatic carbocycles. The number of anilines is 2. The zero-order valence-corrected chi connectivity index (χ0v) is 17.0. The molecule has 3 aromatic rings. The van der Waals surface area contributed by atoms with E-state index in [1.54, 1.807) is 47.5 Å². The summed E-state index contributed by atoms with van der Waals surface area (Å²) in [6, 6.07) is 13.5. The average molecular weight is 421 g/mol. The Morgan fingerprint density at radius 3 is 2.65 bits per heavy atom. The van der Waals surface area contributed by atoms with Crippen molar-refractivity contribution in [3.05, 3.63) is 89.2 Å². The van der Waals surface area contributed by atoms with Crippen LogP contribution in [-0.2, 0) is 17.8 Å². The number of nitrogens with zero attached hydrogens (tertiary/aromatic N) is 3. The third-order valence-corrected chi connectivity index (χ3v) is 5.32. The quantitative estimate of drug-likeness (QED) is 0.609. The zero-order chi connectivity index (χ0) is 22.0. The summed E-state index contributed by atoms with van der Waals surface area (Å²) in [6.45, 7) is 2.41. The topological polar surface area (TPSA) is 53.5 Å². The smallest absolute Gasteiger partial charge is 0.258 e. The van der Waals surface area contributed by atoms with Crippen molar-refractivity contribution in [1.29, 1.82) is 0 Å². The summed E-state index contributed by atoms with van der Waals surface area (Å²) in [7, 11) is 0. The fraction of sp³-hybridized carbons (Fsp3) is 0.208. The maximum Gasteiger partial charge on any atom is 0.258 e. The van der Waals surface area contributed by atoms with Gasteiger partial charge in [-0.05, 0) is 54.4 Å². The fourth-order valence-electron chi connectivity index (χ4n) is 3.76. The van der Waals surface area contributed by atoms with Crippen LogP contribution in [0.2, 0.25) is 0 Å². The number of halogens is 2. The van der Waals surface area contributed by atoms with E-state index in [4.69, 9.17) is 0 Å². The molecule has 0 fully saturated rings. The number of hydrogen-bond acceptors (Lipinski definition) is 3. The van der Waals surface area contributed by atoms with Gasteiger partial charge in [0, 0.05) is 36.5 Å². The Labute approximate surface area is 178 Å². The molecule has 31 heavy (non-hydrogen) atoms. The van der Waals surface area contributed by atoms with Crippen LogP contribution in [0.1, 0.15) is 35.0 Å². The summed E-state index contributed by atoms with van der Waals surface area (Å²) >= 11 is 0. The maximum absolute atomic E-state index is 14.6. The molecule has 1 aliphatic rings. The molecule has 0 atom stereocenters. The first-order chi connectivity index (χ1) is 15.0. The number of benzene rings is 2. The highest BCUT2D eigenvalue weighted by Gasteiger charge is 2.27. The highest BCUT2D eigenvalue weighted by molar-refractivity contribution is 6.07. The number of rotatable bonds is 5. The molecule has 0 N–H and O–H groups in total. The molecule has 0 radical (unpaired) electrons. The second-order valence-electron chi connectivity index (χ2n) is 7.30. The van der Waals surface area contributed by atoms with Crippen LogP contribution >= 0.6 is 0 Å². The Morgan fingerprint density at radius 1 is 1.10 bits per heavy atom. The molecule has 158 valence electrons. The molecule has 0 bridgehead atoms. The van der Waals surface area contributed by atoms with Crippen molar-refractivity contribution in [1.82, 2.24) is 4.98 Å². The van der Waals surface area contributed by atoms with Crippen molar-refractivity contribution in [3.8, 4) is 0 Å². The van der Waals surface area contributed by atoms with Crippen molar-refractivity contribution in [2.24, 2.45) is 0 Å². The molecule has 0 saturated carbocycles. The van der Waals surface area contributed by atoms with Crippen molar-refractivity contribution in [2.45, 2.75) is 26.3 Å². The van der Waals surface area contributed by atoms with Gasteiger partial charge < -0.3 is 4.90 Å². The summed E-state index contributed by atoms with van der Waals surface area (Å²) in [5.74, 6) is -1.95. The second-order valence-corrected chi connectivity index (χ2v) is 7.30. The molecule has 2 heterocycles. The van der Waals surface area contributed by atoms with Gasteiger partial charge in [0.1, 0.15) is 11.6 Å². The second kappa shape index (κ2) is 8.63. The molecule has 0 saturated heterocycles. The van der Waals surface area contributed by atoms with Crippen molar-refractivity contribution in [2.75, 3.05) is 16.3 Å². The van der Waals surface area contributed by atoms with E-state index in [0.29, 0.717) is 30.6 Å². The van der Waals surface area contributed by atoms with Crippen molar-refractivity contribution in [3.63, 3.8) is 0 Å². The first-order valence-electron chi connectivity index (χ1n) is 10.1. The van der Waals surface area contributed by atoms with Crippen LogP contribution in [0, 0.1) is 11.6 Å². The van der Waals surface area contributed by atoms with Crippen LogP contribution in [0.15, 0.2) is 60.8 Å².